The van der Waals surface area contributed by atoms with Crippen LogP contribution < -0.4 is 4.74 Å². The van der Waals surface area contributed by atoms with Crippen LogP contribution >= 0.6 is 0 Å². The van der Waals surface area contributed by atoms with Crippen molar-refractivity contribution in [3.63, 3.8) is 0 Å². The summed E-state index contributed by atoms with van der Waals surface area (Å²) in [7, 11) is 0. The smallest absolute Gasteiger partial charge is 0.132 e. The van der Waals surface area contributed by atoms with Crippen molar-refractivity contribution < 1.29 is 9.53 Å². The van der Waals surface area contributed by atoms with Gasteiger partial charge in [0.25, 0.3) is 0 Å². The Kier molecular flexibility index (Phi) is 6.77. The Balaban J connectivity index is 3.03. The molecule has 20 heavy (non-hydrogen) atoms. The van der Waals surface area contributed by atoms with Gasteiger partial charge < -0.3 is 4.74 Å². The molecule has 0 fully saturated rings. The number of benzene rings is 1. The first-order valence-electron chi connectivity index (χ1n) is 7.79. The van der Waals surface area contributed by atoms with E-state index >= 15 is 0 Å². The van der Waals surface area contributed by atoms with E-state index in [0.717, 1.165) is 18.6 Å². The van der Waals surface area contributed by atoms with Crippen LogP contribution in [0.3, 0.4) is 0 Å². The quantitative estimate of drug-likeness (QED) is 0.671. The molecule has 112 valence electrons. The van der Waals surface area contributed by atoms with Crippen LogP contribution in [0.2, 0.25) is 0 Å². The van der Waals surface area contributed by atoms with Crippen molar-refractivity contribution in [1.29, 1.82) is 0 Å². The number of carbonyl (C=O) groups excluding carboxylic acids is 1. The first-order valence-corrected chi connectivity index (χ1v) is 7.79. The molecule has 0 aliphatic heterocycles. The lowest BCUT2D eigenvalue weighted by atomic mass is 9.88. The van der Waals surface area contributed by atoms with Crippen molar-refractivity contribution in [3.05, 3.63) is 28.8 Å². The molecule has 0 N–H and O–H groups in total. The second-order valence-electron chi connectivity index (χ2n) is 5.47. The number of hydrogen-bond acceptors (Lipinski definition) is 2. The molecule has 0 saturated carbocycles. The molecule has 1 atom stereocenters. The normalized spacial score (nSPS) is 12.2. The molecule has 2 nitrogen and oxygen atoms in total. The molecule has 1 rings (SSSR count). The SMILES string of the molecule is CCOc1c(C)cc(C)cc1C(CC)CCC(=O)CC. The molecule has 0 aromatic heterocycles. The molecule has 1 aromatic rings. The standard InChI is InChI=1S/C18H28O2/c1-6-15(9-10-16(19)7-2)17-12-13(4)11-14(5)18(17)20-8-3/h11-12,15H,6-10H2,1-5H3. The highest BCUT2D eigenvalue weighted by Gasteiger charge is 2.18. The van der Waals surface area contributed by atoms with E-state index in [4.69, 9.17) is 4.74 Å². The summed E-state index contributed by atoms with van der Waals surface area (Å²) in [6.07, 6.45) is 3.28. The van der Waals surface area contributed by atoms with Crippen LogP contribution in [0, 0.1) is 13.8 Å². The van der Waals surface area contributed by atoms with Gasteiger partial charge >= 0.3 is 0 Å². The Morgan fingerprint density at radius 3 is 2.45 bits per heavy atom. The minimum absolute atomic E-state index is 0.353. The summed E-state index contributed by atoms with van der Waals surface area (Å²) in [4.78, 5) is 11.6. The fraction of sp³-hybridized carbons (Fsp3) is 0.611. The van der Waals surface area contributed by atoms with E-state index in [1.165, 1.54) is 16.7 Å². The zero-order valence-corrected chi connectivity index (χ0v) is 13.6. The van der Waals surface area contributed by atoms with E-state index < -0.39 is 0 Å². The maximum absolute atomic E-state index is 11.6. The molecular formula is C18H28O2. The van der Waals surface area contributed by atoms with Crippen LogP contribution in [0.15, 0.2) is 12.1 Å². The first kappa shape index (κ1) is 16.7. The van der Waals surface area contributed by atoms with Gasteiger partial charge in [-0.15, -0.1) is 0 Å². The summed E-state index contributed by atoms with van der Waals surface area (Å²) in [5.74, 6) is 1.78. The maximum Gasteiger partial charge on any atom is 0.132 e. The molecule has 0 spiro atoms. The average molecular weight is 276 g/mol. The molecular weight excluding hydrogens is 248 g/mol. The highest BCUT2D eigenvalue weighted by Crippen LogP contribution is 2.36. The third-order valence-electron chi connectivity index (χ3n) is 3.83. The van der Waals surface area contributed by atoms with Gasteiger partial charge in [-0.1, -0.05) is 31.5 Å². The van der Waals surface area contributed by atoms with Crippen LogP contribution in [0.5, 0.6) is 5.75 Å². The summed E-state index contributed by atoms with van der Waals surface area (Å²) in [5, 5.41) is 0. The molecule has 1 unspecified atom stereocenters. The number of carbonyl (C=O) groups is 1. The van der Waals surface area contributed by atoms with Crippen molar-refractivity contribution in [2.45, 2.75) is 66.2 Å². The van der Waals surface area contributed by atoms with E-state index in [0.29, 0.717) is 31.1 Å². The molecule has 2 heteroatoms. The predicted octanol–water partition coefficient (Wildman–Crippen LogP) is 4.96. The number of rotatable bonds is 8. The molecule has 0 amide bonds. The molecule has 0 bridgehead atoms. The van der Waals surface area contributed by atoms with Crippen molar-refractivity contribution in [1.82, 2.24) is 0 Å². The third-order valence-corrected chi connectivity index (χ3v) is 3.83. The molecule has 0 aliphatic rings. The lowest BCUT2D eigenvalue weighted by Crippen LogP contribution is -2.07. The highest BCUT2D eigenvalue weighted by atomic mass is 16.5. The zero-order valence-electron chi connectivity index (χ0n) is 13.6. The monoisotopic (exact) mass is 276 g/mol. The van der Waals surface area contributed by atoms with Gasteiger partial charge in [0.1, 0.15) is 11.5 Å². The van der Waals surface area contributed by atoms with Crippen LogP contribution in [0.1, 0.15) is 69.1 Å². The second kappa shape index (κ2) is 8.08. The summed E-state index contributed by atoms with van der Waals surface area (Å²) >= 11 is 0. The molecule has 0 radical (unpaired) electrons. The van der Waals surface area contributed by atoms with Crippen molar-refractivity contribution >= 4 is 5.78 Å². The van der Waals surface area contributed by atoms with Gasteiger partial charge in [0.15, 0.2) is 0 Å². The van der Waals surface area contributed by atoms with Gasteiger partial charge in [-0.2, -0.15) is 0 Å². The van der Waals surface area contributed by atoms with E-state index in [2.05, 4.69) is 32.9 Å². The van der Waals surface area contributed by atoms with E-state index in [-0.39, 0.29) is 0 Å². The van der Waals surface area contributed by atoms with Crippen molar-refractivity contribution in [2.24, 2.45) is 0 Å². The highest BCUT2D eigenvalue weighted by molar-refractivity contribution is 5.78. The number of hydrogen-bond donors (Lipinski definition) is 0. The molecule has 1 aromatic carbocycles. The Hall–Kier alpha value is -1.31. The van der Waals surface area contributed by atoms with Crippen molar-refractivity contribution in [2.75, 3.05) is 6.61 Å². The Labute approximate surface area is 123 Å². The van der Waals surface area contributed by atoms with Crippen molar-refractivity contribution in [3.8, 4) is 5.75 Å². The van der Waals surface area contributed by atoms with E-state index in [1.54, 1.807) is 0 Å². The maximum atomic E-state index is 11.6. The lowest BCUT2D eigenvalue weighted by Gasteiger charge is -2.21. The number of ketones is 1. The Morgan fingerprint density at radius 2 is 1.90 bits per heavy atom. The van der Waals surface area contributed by atoms with Gasteiger partial charge in [0.2, 0.25) is 0 Å². The summed E-state index contributed by atoms with van der Waals surface area (Å²) in [6, 6.07) is 4.39. The Morgan fingerprint density at radius 1 is 1.20 bits per heavy atom. The van der Waals surface area contributed by atoms with Crippen LogP contribution in [0.25, 0.3) is 0 Å². The second-order valence-corrected chi connectivity index (χ2v) is 5.47. The number of Topliss-reactive ketones (excluding diaryl/α,β-unsaturated/α-hetero) is 1. The largest absolute Gasteiger partial charge is 0.493 e. The van der Waals surface area contributed by atoms with Crippen LogP contribution in [0.4, 0.5) is 0 Å². The first-order chi connectivity index (χ1) is 9.53. The van der Waals surface area contributed by atoms with E-state index in [1.807, 2.05) is 13.8 Å². The third kappa shape index (κ3) is 4.36. The minimum atomic E-state index is 0.353. The number of aryl methyl sites for hydroxylation is 2. The fourth-order valence-electron chi connectivity index (χ4n) is 2.72. The van der Waals surface area contributed by atoms with Gasteiger partial charge in [0, 0.05) is 12.8 Å². The summed E-state index contributed by atoms with van der Waals surface area (Å²) < 4.78 is 5.85. The van der Waals surface area contributed by atoms with Gasteiger partial charge in [-0.25, -0.2) is 0 Å². The number of ether oxygens (including phenoxy) is 1. The van der Waals surface area contributed by atoms with Gasteiger partial charge in [-0.05, 0) is 50.7 Å². The van der Waals surface area contributed by atoms with Gasteiger partial charge in [0.05, 0.1) is 6.61 Å². The molecule has 0 saturated heterocycles. The average Bonchev–Trinajstić information content (AvgIpc) is 2.42. The van der Waals surface area contributed by atoms with Crippen LogP contribution in [-0.4, -0.2) is 12.4 Å². The van der Waals surface area contributed by atoms with Crippen LogP contribution in [-0.2, 0) is 4.79 Å². The lowest BCUT2D eigenvalue weighted by molar-refractivity contribution is -0.118. The fourth-order valence-corrected chi connectivity index (χ4v) is 2.72. The molecule has 0 heterocycles. The summed E-state index contributed by atoms with van der Waals surface area (Å²) in [5.41, 5.74) is 3.74. The zero-order chi connectivity index (χ0) is 15.1. The molecule has 0 aliphatic carbocycles. The predicted molar refractivity (Wildman–Crippen MR) is 84.6 cm³/mol. The summed E-state index contributed by atoms with van der Waals surface area (Å²) in [6.45, 7) is 11.0. The Bertz CT molecular complexity index is 449. The topological polar surface area (TPSA) is 26.3 Å². The van der Waals surface area contributed by atoms with E-state index in [9.17, 15) is 4.79 Å². The minimum Gasteiger partial charge on any atom is -0.493 e. The van der Waals surface area contributed by atoms with Gasteiger partial charge in [-0.3, -0.25) is 4.79 Å².